The van der Waals surface area contributed by atoms with Gasteiger partial charge in [0.15, 0.2) is 6.61 Å². The zero-order chi connectivity index (χ0) is 19.8. The molecule has 0 aliphatic rings. The van der Waals surface area contributed by atoms with Crippen LogP contribution in [0.5, 0.6) is 11.5 Å². The molecule has 6 heteroatoms. The van der Waals surface area contributed by atoms with Crippen molar-refractivity contribution in [1.82, 2.24) is 5.32 Å². The van der Waals surface area contributed by atoms with Crippen LogP contribution in [0.2, 0.25) is 5.02 Å². The van der Waals surface area contributed by atoms with Crippen molar-refractivity contribution in [1.29, 1.82) is 0 Å². The molecule has 1 amide bonds. The van der Waals surface area contributed by atoms with Crippen molar-refractivity contribution in [3.63, 3.8) is 0 Å². The number of halogens is 1. The van der Waals surface area contributed by atoms with Crippen LogP contribution in [-0.2, 0) is 16.1 Å². The summed E-state index contributed by atoms with van der Waals surface area (Å²) in [5.41, 5.74) is 1.24. The molecule has 0 heterocycles. The van der Waals surface area contributed by atoms with Crippen molar-refractivity contribution in [3.05, 3.63) is 95.0 Å². The van der Waals surface area contributed by atoms with Gasteiger partial charge in [0.25, 0.3) is 5.91 Å². The second-order valence-corrected chi connectivity index (χ2v) is 6.36. The van der Waals surface area contributed by atoms with Crippen LogP contribution in [0, 0.1) is 0 Å². The molecular formula is C22H18ClNO4. The maximum absolute atomic E-state index is 12.1. The molecule has 0 spiro atoms. The smallest absolute Gasteiger partial charge is 0.338 e. The lowest BCUT2D eigenvalue weighted by Crippen LogP contribution is -2.28. The first kappa shape index (κ1) is 19.5. The fourth-order valence-electron chi connectivity index (χ4n) is 2.35. The summed E-state index contributed by atoms with van der Waals surface area (Å²) < 4.78 is 10.7. The van der Waals surface area contributed by atoms with Gasteiger partial charge < -0.3 is 14.8 Å². The Labute approximate surface area is 167 Å². The molecular weight excluding hydrogens is 378 g/mol. The molecule has 3 rings (SSSR count). The normalized spacial score (nSPS) is 10.2. The molecule has 142 valence electrons. The average Bonchev–Trinajstić information content (AvgIpc) is 2.73. The van der Waals surface area contributed by atoms with E-state index in [1.165, 1.54) is 0 Å². The van der Waals surface area contributed by atoms with Crippen LogP contribution in [0.15, 0.2) is 78.9 Å². The monoisotopic (exact) mass is 395 g/mol. The number of esters is 1. The van der Waals surface area contributed by atoms with E-state index in [2.05, 4.69) is 5.32 Å². The molecule has 0 bridgehead atoms. The maximum Gasteiger partial charge on any atom is 0.338 e. The van der Waals surface area contributed by atoms with E-state index in [0.717, 1.165) is 5.56 Å². The number of hydrogen-bond acceptors (Lipinski definition) is 4. The molecule has 0 fully saturated rings. The third kappa shape index (κ3) is 5.86. The Morgan fingerprint density at radius 2 is 1.46 bits per heavy atom. The van der Waals surface area contributed by atoms with E-state index in [9.17, 15) is 9.59 Å². The Hall–Kier alpha value is -3.31. The van der Waals surface area contributed by atoms with Crippen molar-refractivity contribution < 1.29 is 19.1 Å². The first-order chi connectivity index (χ1) is 13.6. The van der Waals surface area contributed by atoms with Gasteiger partial charge in [-0.25, -0.2) is 4.79 Å². The zero-order valence-corrected chi connectivity index (χ0v) is 15.7. The molecule has 0 aromatic heterocycles. The quantitative estimate of drug-likeness (QED) is 0.593. The Kier molecular flexibility index (Phi) is 6.65. The summed E-state index contributed by atoms with van der Waals surface area (Å²) in [4.78, 5) is 23.9. The molecule has 0 aliphatic carbocycles. The van der Waals surface area contributed by atoms with Crippen LogP contribution in [0.1, 0.15) is 15.9 Å². The van der Waals surface area contributed by atoms with E-state index < -0.39 is 5.97 Å². The Balaban J connectivity index is 1.45. The third-order valence-corrected chi connectivity index (χ3v) is 4.06. The van der Waals surface area contributed by atoms with Gasteiger partial charge >= 0.3 is 5.97 Å². The highest BCUT2D eigenvalue weighted by Crippen LogP contribution is 2.21. The van der Waals surface area contributed by atoms with E-state index in [4.69, 9.17) is 21.1 Å². The highest BCUT2D eigenvalue weighted by molar-refractivity contribution is 6.30. The van der Waals surface area contributed by atoms with Gasteiger partial charge in [-0.05, 0) is 54.1 Å². The number of carbonyl (C=O) groups excluding carboxylic acids is 2. The third-order valence-electron chi connectivity index (χ3n) is 3.81. The van der Waals surface area contributed by atoms with Crippen molar-refractivity contribution in [2.45, 2.75) is 6.54 Å². The number of hydrogen-bond donors (Lipinski definition) is 1. The van der Waals surface area contributed by atoms with Crippen LogP contribution in [0.4, 0.5) is 0 Å². The van der Waals surface area contributed by atoms with Crippen molar-refractivity contribution in [2.24, 2.45) is 0 Å². The standard InChI is InChI=1S/C22H18ClNO4/c23-18-10-6-16(7-11-18)14-24-21(25)15-27-22(26)17-8-12-20(13-9-17)28-19-4-2-1-3-5-19/h1-13H,14-15H2,(H,24,25). The van der Waals surface area contributed by atoms with Crippen molar-refractivity contribution in [3.8, 4) is 11.5 Å². The lowest BCUT2D eigenvalue weighted by Gasteiger charge is -2.08. The van der Waals surface area contributed by atoms with Gasteiger partial charge in [0.1, 0.15) is 11.5 Å². The minimum absolute atomic E-state index is 0.332. The summed E-state index contributed by atoms with van der Waals surface area (Å²) in [6.07, 6.45) is 0. The predicted octanol–water partition coefficient (Wildman–Crippen LogP) is 4.61. The molecule has 0 unspecified atom stereocenters. The van der Waals surface area contributed by atoms with E-state index >= 15 is 0 Å². The highest BCUT2D eigenvalue weighted by atomic mass is 35.5. The van der Waals surface area contributed by atoms with Gasteiger partial charge in [0.2, 0.25) is 0 Å². The Bertz CT molecular complexity index is 925. The summed E-state index contributed by atoms with van der Waals surface area (Å²) in [5.74, 6) is 0.346. The Morgan fingerprint density at radius 3 is 2.14 bits per heavy atom. The van der Waals surface area contributed by atoms with Crippen LogP contribution in [0.3, 0.4) is 0 Å². The average molecular weight is 396 g/mol. The summed E-state index contributed by atoms with van der Waals surface area (Å²) in [6, 6.07) is 23.0. The number of ether oxygens (including phenoxy) is 2. The molecule has 0 saturated carbocycles. The first-order valence-electron chi connectivity index (χ1n) is 8.61. The topological polar surface area (TPSA) is 64.6 Å². The van der Waals surface area contributed by atoms with Gasteiger partial charge in [-0.2, -0.15) is 0 Å². The van der Waals surface area contributed by atoms with E-state index in [1.54, 1.807) is 36.4 Å². The fraction of sp³-hybridized carbons (Fsp3) is 0.0909. The zero-order valence-electron chi connectivity index (χ0n) is 14.9. The minimum atomic E-state index is -0.576. The minimum Gasteiger partial charge on any atom is -0.457 e. The molecule has 0 radical (unpaired) electrons. The molecule has 3 aromatic carbocycles. The summed E-state index contributed by atoms with van der Waals surface area (Å²) in [6.45, 7) is -0.0201. The van der Waals surface area contributed by atoms with E-state index in [0.29, 0.717) is 28.6 Å². The SMILES string of the molecule is O=C(COC(=O)c1ccc(Oc2ccccc2)cc1)NCc1ccc(Cl)cc1. The van der Waals surface area contributed by atoms with Crippen molar-refractivity contribution in [2.75, 3.05) is 6.61 Å². The van der Waals surface area contributed by atoms with Crippen LogP contribution < -0.4 is 10.1 Å². The molecule has 5 nitrogen and oxygen atoms in total. The second-order valence-electron chi connectivity index (χ2n) is 5.92. The van der Waals surface area contributed by atoms with Crippen LogP contribution in [0.25, 0.3) is 0 Å². The van der Waals surface area contributed by atoms with E-state index in [1.807, 2.05) is 42.5 Å². The van der Waals surface area contributed by atoms with Crippen LogP contribution >= 0.6 is 11.6 Å². The molecule has 0 aliphatic heterocycles. The van der Waals surface area contributed by atoms with Gasteiger partial charge in [-0.15, -0.1) is 0 Å². The molecule has 3 aromatic rings. The lowest BCUT2D eigenvalue weighted by molar-refractivity contribution is -0.124. The summed E-state index contributed by atoms with van der Waals surface area (Å²) in [7, 11) is 0. The number of nitrogens with one attached hydrogen (secondary N) is 1. The maximum atomic E-state index is 12.1. The Morgan fingerprint density at radius 1 is 0.821 bits per heavy atom. The molecule has 28 heavy (non-hydrogen) atoms. The van der Waals surface area contributed by atoms with Crippen molar-refractivity contribution >= 4 is 23.5 Å². The van der Waals surface area contributed by atoms with Gasteiger partial charge in [0, 0.05) is 11.6 Å². The summed E-state index contributed by atoms with van der Waals surface area (Å²) in [5, 5.41) is 3.31. The number of benzene rings is 3. The first-order valence-corrected chi connectivity index (χ1v) is 8.99. The second kappa shape index (κ2) is 9.58. The van der Waals surface area contributed by atoms with Gasteiger partial charge in [0.05, 0.1) is 5.56 Å². The number of amides is 1. The summed E-state index contributed by atoms with van der Waals surface area (Å²) >= 11 is 5.81. The molecule has 0 atom stereocenters. The largest absolute Gasteiger partial charge is 0.457 e. The molecule has 0 saturated heterocycles. The van der Waals surface area contributed by atoms with Crippen LogP contribution in [-0.4, -0.2) is 18.5 Å². The highest BCUT2D eigenvalue weighted by Gasteiger charge is 2.10. The molecule has 1 N–H and O–H groups in total. The van der Waals surface area contributed by atoms with Gasteiger partial charge in [-0.3, -0.25) is 4.79 Å². The fourth-order valence-corrected chi connectivity index (χ4v) is 2.48. The van der Waals surface area contributed by atoms with Gasteiger partial charge in [-0.1, -0.05) is 41.9 Å². The number of rotatable bonds is 7. The van der Waals surface area contributed by atoms with E-state index in [-0.39, 0.29) is 12.5 Å². The number of para-hydroxylation sites is 1. The number of carbonyl (C=O) groups is 2. The lowest BCUT2D eigenvalue weighted by atomic mass is 10.2. The predicted molar refractivity (Wildman–Crippen MR) is 107 cm³/mol.